The Morgan fingerprint density at radius 1 is 1.18 bits per heavy atom. The minimum atomic E-state index is -1.19. The van der Waals surface area contributed by atoms with Crippen LogP contribution in [0.25, 0.3) is 0 Å². The number of hydrogen-bond acceptors (Lipinski definition) is 2. The van der Waals surface area contributed by atoms with Gasteiger partial charge in [-0.15, -0.1) is 0 Å². The third-order valence-electron chi connectivity index (χ3n) is 3.65. The molecule has 2 amide bonds. The highest BCUT2D eigenvalue weighted by Crippen LogP contribution is 2.25. The highest BCUT2D eigenvalue weighted by atomic mass is 35.5. The molecule has 1 aromatic carbocycles. The third kappa shape index (κ3) is 4.07. The Labute approximate surface area is 130 Å². The van der Waals surface area contributed by atoms with Crippen molar-refractivity contribution in [3.63, 3.8) is 0 Å². The molecule has 0 atom stereocenters. The van der Waals surface area contributed by atoms with Crippen molar-refractivity contribution in [2.24, 2.45) is 5.92 Å². The summed E-state index contributed by atoms with van der Waals surface area (Å²) in [6.07, 6.45) is 1.99. The molecule has 3 N–H and O–H groups in total. The van der Waals surface area contributed by atoms with Gasteiger partial charge >= 0.3 is 12.0 Å². The van der Waals surface area contributed by atoms with Crippen LogP contribution in [0.2, 0.25) is 5.02 Å². The first-order valence-corrected chi connectivity index (χ1v) is 7.19. The van der Waals surface area contributed by atoms with Crippen LogP contribution in [-0.4, -0.2) is 23.1 Å². The Morgan fingerprint density at radius 3 is 2.41 bits per heavy atom. The molecule has 120 valence electrons. The molecular formula is C14H15ClF2N2O3. The molecule has 0 heterocycles. The lowest BCUT2D eigenvalue weighted by Crippen LogP contribution is -2.41. The van der Waals surface area contributed by atoms with Crippen LogP contribution in [0.4, 0.5) is 19.3 Å². The van der Waals surface area contributed by atoms with E-state index in [0.717, 1.165) is 12.1 Å². The predicted molar refractivity (Wildman–Crippen MR) is 76.9 cm³/mol. The average molecular weight is 333 g/mol. The summed E-state index contributed by atoms with van der Waals surface area (Å²) in [5, 5.41) is 13.7. The van der Waals surface area contributed by atoms with Gasteiger partial charge < -0.3 is 15.7 Å². The molecule has 8 heteroatoms. The van der Waals surface area contributed by atoms with Crippen molar-refractivity contribution in [1.29, 1.82) is 0 Å². The topological polar surface area (TPSA) is 78.4 Å². The Morgan fingerprint density at radius 2 is 1.82 bits per heavy atom. The van der Waals surface area contributed by atoms with E-state index in [9.17, 15) is 18.4 Å². The quantitative estimate of drug-likeness (QED) is 0.742. The fraction of sp³-hybridized carbons (Fsp3) is 0.429. The second kappa shape index (κ2) is 6.91. The van der Waals surface area contributed by atoms with Crippen molar-refractivity contribution in [3.8, 4) is 0 Å². The standard InChI is InChI=1S/C14H15ClF2N2O3/c15-8-5-10(16)12(17)11(6-8)19-14(22)18-9-3-1-7(2-4-9)13(20)21/h5-7,9H,1-4H2,(H,20,21)(H2,18,19,22). The van der Waals surface area contributed by atoms with E-state index in [0.29, 0.717) is 25.7 Å². The van der Waals surface area contributed by atoms with E-state index in [1.807, 2.05) is 0 Å². The van der Waals surface area contributed by atoms with Gasteiger partial charge in [-0.05, 0) is 37.8 Å². The van der Waals surface area contributed by atoms with E-state index in [1.165, 1.54) is 0 Å². The minimum Gasteiger partial charge on any atom is -0.481 e. The normalized spacial score (nSPS) is 21.2. The molecular weight excluding hydrogens is 318 g/mol. The van der Waals surface area contributed by atoms with Crippen LogP contribution >= 0.6 is 11.6 Å². The molecule has 0 bridgehead atoms. The highest BCUT2D eigenvalue weighted by Gasteiger charge is 2.26. The molecule has 0 radical (unpaired) electrons. The number of carbonyl (C=O) groups excluding carboxylic acids is 1. The number of amides is 2. The van der Waals surface area contributed by atoms with Crippen molar-refractivity contribution >= 4 is 29.3 Å². The van der Waals surface area contributed by atoms with E-state index >= 15 is 0 Å². The molecule has 0 aromatic heterocycles. The van der Waals surface area contributed by atoms with Gasteiger partial charge in [-0.2, -0.15) is 0 Å². The fourth-order valence-electron chi connectivity index (χ4n) is 2.48. The molecule has 0 saturated heterocycles. The lowest BCUT2D eigenvalue weighted by Gasteiger charge is -2.26. The second-order valence-electron chi connectivity index (χ2n) is 5.23. The number of carboxylic acid groups (broad SMARTS) is 1. The first-order valence-electron chi connectivity index (χ1n) is 6.81. The summed E-state index contributed by atoms with van der Waals surface area (Å²) in [4.78, 5) is 22.6. The van der Waals surface area contributed by atoms with Crippen LogP contribution in [0.15, 0.2) is 12.1 Å². The monoisotopic (exact) mass is 332 g/mol. The maximum absolute atomic E-state index is 13.5. The molecule has 1 aromatic rings. The largest absolute Gasteiger partial charge is 0.481 e. The first-order chi connectivity index (χ1) is 10.4. The Bertz CT molecular complexity index is 590. The van der Waals surface area contributed by atoms with Gasteiger partial charge in [-0.25, -0.2) is 13.6 Å². The Hall–Kier alpha value is -1.89. The number of rotatable bonds is 3. The molecule has 2 rings (SSSR count). The van der Waals surface area contributed by atoms with Gasteiger partial charge in [0.05, 0.1) is 11.6 Å². The van der Waals surface area contributed by atoms with Gasteiger partial charge in [0.25, 0.3) is 0 Å². The van der Waals surface area contributed by atoms with E-state index < -0.39 is 23.6 Å². The second-order valence-corrected chi connectivity index (χ2v) is 5.67. The van der Waals surface area contributed by atoms with Gasteiger partial charge in [-0.3, -0.25) is 4.79 Å². The lowest BCUT2D eigenvalue weighted by atomic mass is 9.86. The number of carboxylic acids is 1. The zero-order chi connectivity index (χ0) is 16.3. The summed E-state index contributed by atoms with van der Waals surface area (Å²) in [7, 11) is 0. The number of nitrogens with one attached hydrogen (secondary N) is 2. The van der Waals surface area contributed by atoms with Crippen molar-refractivity contribution in [2.45, 2.75) is 31.7 Å². The van der Waals surface area contributed by atoms with Gasteiger partial charge in [0.1, 0.15) is 0 Å². The zero-order valence-electron chi connectivity index (χ0n) is 11.5. The summed E-state index contributed by atoms with van der Waals surface area (Å²) in [6.45, 7) is 0. The molecule has 0 aliphatic heterocycles. The Balaban J connectivity index is 1.90. The number of halogens is 3. The first kappa shape index (κ1) is 16.5. The Kier molecular flexibility index (Phi) is 5.18. The number of anilines is 1. The molecule has 1 aliphatic rings. The van der Waals surface area contributed by atoms with Gasteiger partial charge in [0.2, 0.25) is 0 Å². The van der Waals surface area contributed by atoms with Crippen LogP contribution < -0.4 is 10.6 Å². The fourth-order valence-corrected chi connectivity index (χ4v) is 2.68. The van der Waals surface area contributed by atoms with Gasteiger partial charge in [-0.1, -0.05) is 11.6 Å². The number of benzene rings is 1. The number of hydrogen-bond donors (Lipinski definition) is 3. The predicted octanol–water partition coefficient (Wildman–Crippen LogP) is 3.38. The van der Waals surface area contributed by atoms with Crippen LogP contribution in [-0.2, 0) is 4.79 Å². The molecule has 1 fully saturated rings. The number of aliphatic carboxylic acids is 1. The summed E-state index contributed by atoms with van der Waals surface area (Å²) in [5.74, 6) is -3.56. The van der Waals surface area contributed by atoms with E-state index in [-0.39, 0.29) is 22.7 Å². The van der Waals surface area contributed by atoms with Gasteiger partial charge in [0.15, 0.2) is 11.6 Å². The summed E-state index contributed by atoms with van der Waals surface area (Å²) >= 11 is 5.61. The maximum Gasteiger partial charge on any atom is 0.319 e. The van der Waals surface area contributed by atoms with Crippen LogP contribution in [0.1, 0.15) is 25.7 Å². The molecule has 22 heavy (non-hydrogen) atoms. The van der Waals surface area contributed by atoms with Gasteiger partial charge in [0, 0.05) is 11.1 Å². The van der Waals surface area contributed by atoms with Crippen LogP contribution in [0.3, 0.4) is 0 Å². The van der Waals surface area contributed by atoms with Crippen molar-refractivity contribution < 1.29 is 23.5 Å². The summed E-state index contributed by atoms with van der Waals surface area (Å²) in [5.41, 5.74) is -0.346. The van der Waals surface area contributed by atoms with Crippen molar-refractivity contribution in [2.75, 3.05) is 5.32 Å². The highest BCUT2D eigenvalue weighted by molar-refractivity contribution is 6.30. The molecule has 5 nitrogen and oxygen atoms in total. The van der Waals surface area contributed by atoms with E-state index in [1.54, 1.807) is 0 Å². The number of urea groups is 1. The summed E-state index contributed by atoms with van der Waals surface area (Å²) in [6, 6.07) is 1.05. The third-order valence-corrected chi connectivity index (χ3v) is 3.87. The smallest absolute Gasteiger partial charge is 0.319 e. The molecule has 1 saturated carbocycles. The van der Waals surface area contributed by atoms with Crippen molar-refractivity contribution in [3.05, 3.63) is 28.8 Å². The SMILES string of the molecule is O=C(Nc1cc(Cl)cc(F)c1F)NC1CCC(C(=O)O)CC1. The summed E-state index contributed by atoms with van der Waals surface area (Å²) < 4.78 is 26.7. The maximum atomic E-state index is 13.5. The van der Waals surface area contributed by atoms with E-state index in [2.05, 4.69) is 10.6 Å². The zero-order valence-corrected chi connectivity index (χ0v) is 12.3. The molecule has 1 aliphatic carbocycles. The van der Waals surface area contributed by atoms with Crippen LogP contribution in [0, 0.1) is 17.6 Å². The lowest BCUT2D eigenvalue weighted by molar-refractivity contribution is -0.142. The average Bonchev–Trinajstić information content (AvgIpc) is 2.44. The van der Waals surface area contributed by atoms with E-state index in [4.69, 9.17) is 16.7 Å². The minimum absolute atomic E-state index is 0.0313. The molecule has 0 unspecified atom stereocenters. The molecule has 0 spiro atoms. The number of carbonyl (C=O) groups is 2. The van der Waals surface area contributed by atoms with Crippen LogP contribution in [0.5, 0.6) is 0 Å². The van der Waals surface area contributed by atoms with Crippen molar-refractivity contribution in [1.82, 2.24) is 5.32 Å².